The van der Waals surface area contributed by atoms with Crippen molar-refractivity contribution in [2.24, 2.45) is 12.8 Å². The van der Waals surface area contributed by atoms with Crippen LogP contribution in [0.3, 0.4) is 0 Å². The van der Waals surface area contributed by atoms with Gasteiger partial charge in [0.05, 0.1) is 19.3 Å². The van der Waals surface area contributed by atoms with Gasteiger partial charge in [-0.25, -0.2) is 0 Å². The average Bonchev–Trinajstić information content (AvgIpc) is 2.84. The van der Waals surface area contributed by atoms with Gasteiger partial charge in [-0.05, 0) is 36.2 Å². The van der Waals surface area contributed by atoms with Crippen LogP contribution >= 0.6 is 0 Å². The van der Waals surface area contributed by atoms with Crippen LogP contribution in [-0.2, 0) is 13.5 Å². The Kier molecular flexibility index (Phi) is 4.80. The van der Waals surface area contributed by atoms with Gasteiger partial charge in [0.15, 0.2) is 0 Å². The second-order valence-corrected chi connectivity index (χ2v) is 4.61. The first-order chi connectivity index (χ1) is 9.69. The Hall–Kier alpha value is -2.25. The highest BCUT2D eigenvalue weighted by molar-refractivity contribution is 5.43. The molecule has 0 amide bonds. The fraction of sp³-hybridized carbons (Fsp3) is 0.312. The van der Waals surface area contributed by atoms with Crippen molar-refractivity contribution in [1.29, 1.82) is 0 Å². The Morgan fingerprint density at radius 2 is 2.25 bits per heavy atom. The van der Waals surface area contributed by atoms with E-state index in [9.17, 15) is 0 Å². The van der Waals surface area contributed by atoms with Crippen molar-refractivity contribution >= 4 is 0 Å². The summed E-state index contributed by atoms with van der Waals surface area (Å²) in [5.41, 5.74) is 8.59. The molecule has 0 aliphatic rings. The van der Waals surface area contributed by atoms with Crippen molar-refractivity contribution in [2.45, 2.75) is 13.3 Å². The van der Waals surface area contributed by atoms with Crippen LogP contribution in [0, 0.1) is 18.8 Å². The molecule has 0 bridgehead atoms. The van der Waals surface area contributed by atoms with Gasteiger partial charge in [0.2, 0.25) is 0 Å². The Morgan fingerprint density at radius 1 is 1.40 bits per heavy atom. The Bertz CT molecular complexity index is 635. The van der Waals surface area contributed by atoms with E-state index in [1.807, 2.05) is 44.6 Å². The molecule has 0 saturated heterocycles. The van der Waals surface area contributed by atoms with E-state index >= 15 is 0 Å². The molecule has 0 radical (unpaired) electrons. The molecule has 0 unspecified atom stereocenters. The van der Waals surface area contributed by atoms with Crippen molar-refractivity contribution in [1.82, 2.24) is 9.78 Å². The first-order valence-electron chi connectivity index (χ1n) is 6.59. The molecule has 4 heteroatoms. The van der Waals surface area contributed by atoms with Gasteiger partial charge < -0.3 is 10.5 Å². The third kappa shape index (κ3) is 3.87. The lowest BCUT2D eigenvalue weighted by Crippen LogP contribution is -2.02. The van der Waals surface area contributed by atoms with Crippen LogP contribution in [0.15, 0.2) is 30.6 Å². The molecule has 1 aromatic carbocycles. The summed E-state index contributed by atoms with van der Waals surface area (Å²) in [7, 11) is 1.91. The van der Waals surface area contributed by atoms with Gasteiger partial charge in [-0.3, -0.25) is 4.68 Å². The highest BCUT2D eigenvalue weighted by Gasteiger charge is 2.01. The van der Waals surface area contributed by atoms with Crippen molar-refractivity contribution in [2.75, 3.05) is 13.2 Å². The number of hydrogen-bond donors (Lipinski definition) is 1. The van der Waals surface area contributed by atoms with Gasteiger partial charge in [-0.1, -0.05) is 11.8 Å². The number of ether oxygens (including phenoxy) is 1. The molecule has 2 N–H and O–H groups in total. The lowest BCUT2D eigenvalue weighted by molar-refractivity contribution is 0.320. The highest BCUT2D eigenvalue weighted by Crippen LogP contribution is 2.19. The second-order valence-electron chi connectivity index (χ2n) is 4.61. The summed E-state index contributed by atoms with van der Waals surface area (Å²) in [5, 5.41) is 4.14. The SMILES string of the molecule is Cc1cc(C#CCN)ccc1OCCc1cnn(C)c1. The maximum Gasteiger partial charge on any atom is 0.122 e. The third-order valence-electron chi connectivity index (χ3n) is 2.92. The molecule has 2 rings (SSSR count). The monoisotopic (exact) mass is 269 g/mol. The minimum atomic E-state index is 0.377. The van der Waals surface area contributed by atoms with E-state index in [1.54, 1.807) is 4.68 Å². The zero-order chi connectivity index (χ0) is 14.4. The van der Waals surface area contributed by atoms with Crippen LogP contribution in [-0.4, -0.2) is 22.9 Å². The van der Waals surface area contributed by atoms with Crippen LogP contribution in [0.4, 0.5) is 0 Å². The molecule has 0 aliphatic heterocycles. The highest BCUT2D eigenvalue weighted by atomic mass is 16.5. The zero-order valence-corrected chi connectivity index (χ0v) is 11.9. The van der Waals surface area contributed by atoms with E-state index in [1.165, 1.54) is 5.56 Å². The average molecular weight is 269 g/mol. The summed E-state index contributed by atoms with van der Waals surface area (Å²) in [5.74, 6) is 6.76. The van der Waals surface area contributed by atoms with Gasteiger partial charge in [-0.15, -0.1) is 0 Å². The number of hydrogen-bond acceptors (Lipinski definition) is 3. The molecular formula is C16H19N3O. The molecule has 1 heterocycles. The van der Waals surface area contributed by atoms with E-state index in [0.29, 0.717) is 13.2 Å². The predicted octanol–water partition coefficient (Wildman–Crippen LogP) is 1.66. The normalized spacial score (nSPS) is 9.95. The quantitative estimate of drug-likeness (QED) is 0.859. The molecule has 0 saturated carbocycles. The summed E-state index contributed by atoms with van der Waals surface area (Å²) in [6.07, 6.45) is 4.71. The Labute approximate surface area is 119 Å². The summed E-state index contributed by atoms with van der Waals surface area (Å²) in [4.78, 5) is 0. The molecule has 0 spiro atoms. The first-order valence-corrected chi connectivity index (χ1v) is 6.59. The minimum Gasteiger partial charge on any atom is -0.493 e. The number of aromatic nitrogens is 2. The van der Waals surface area contributed by atoms with E-state index in [4.69, 9.17) is 10.5 Å². The van der Waals surface area contributed by atoms with Crippen LogP contribution < -0.4 is 10.5 Å². The smallest absolute Gasteiger partial charge is 0.122 e. The minimum absolute atomic E-state index is 0.377. The maximum absolute atomic E-state index is 5.80. The molecule has 20 heavy (non-hydrogen) atoms. The van der Waals surface area contributed by atoms with Crippen LogP contribution in [0.2, 0.25) is 0 Å². The number of aryl methyl sites for hydroxylation is 2. The van der Waals surface area contributed by atoms with E-state index in [2.05, 4.69) is 16.9 Å². The number of nitrogens with two attached hydrogens (primary N) is 1. The second kappa shape index (κ2) is 6.78. The molecular weight excluding hydrogens is 250 g/mol. The van der Waals surface area contributed by atoms with Gasteiger partial charge in [0.1, 0.15) is 5.75 Å². The summed E-state index contributed by atoms with van der Waals surface area (Å²) >= 11 is 0. The molecule has 4 nitrogen and oxygen atoms in total. The standard InChI is InChI=1S/C16H19N3O/c1-13-10-14(4-3-8-17)5-6-16(13)20-9-7-15-11-18-19(2)12-15/h5-6,10-12H,7-9,17H2,1-2H3. The molecule has 104 valence electrons. The largest absolute Gasteiger partial charge is 0.493 e. The fourth-order valence-corrected chi connectivity index (χ4v) is 1.92. The van der Waals surface area contributed by atoms with Crippen molar-refractivity contribution in [3.8, 4) is 17.6 Å². The van der Waals surface area contributed by atoms with Gasteiger partial charge in [-0.2, -0.15) is 5.10 Å². The zero-order valence-electron chi connectivity index (χ0n) is 11.9. The number of nitrogens with zero attached hydrogens (tertiary/aromatic N) is 2. The summed E-state index contributed by atoms with van der Waals surface area (Å²) in [6, 6.07) is 5.93. The lowest BCUT2D eigenvalue weighted by Gasteiger charge is -2.08. The lowest BCUT2D eigenvalue weighted by atomic mass is 10.1. The Balaban J connectivity index is 1.92. The predicted molar refractivity (Wildman–Crippen MR) is 79.5 cm³/mol. The molecule has 1 aromatic heterocycles. The summed E-state index contributed by atoms with van der Waals surface area (Å²) in [6.45, 7) is 3.04. The van der Waals surface area contributed by atoms with E-state index in [-0.39, 0.29) is 0 Å². The van der Waals surface area contributed by atoms with E-state index < -0.39 is 0 Å². The van der Waals surface area contributed by atoms with Gasteiger partial charge in [0, 0.05) is 25.2 Å². The molecule has 0 atom stereocenters. The maximum atomic E-state index is 5.80. The van der Waals surface area contributed by atoms with Crippen LogP contribution in [0.1, 0.15) is 16.7 Å². The van der Waals surface area contributed by atoms with Crippen LogP contribution in [0.25, 0.3) is 0 Å². The summed E-state index contributed by atoms with van der Waals surface area (Å²) < 4.78 is 7.60. The first kappa shape index (κ1) is 14.2. The fourth-order valence-electron chi connectivity index (χ4n) is 1.92. The molecule has 0 aliphatic carbocycles. The Morgan fingerprint density at radius 3 is 2.90 bits per heavy atom. The van der Waals surface area contributed by atoms with Crippen LogP contribution in [0.5, 0.6) is 5.75 Å². The molecule has 0 fully saturated rings. The van der Waals surface area contributed by atoms with Gasteiger partial charge >= 0.3 is 0 Å². The van der Waals surface area contributed by atoms with Crippen molar-refractivity contribution in [3.63, 3.8) is 0 Å². The number of rotatable bonds is 4. The van der Waals surface area contributed by atoms with E-state index in [0.717, 1.165) is 23.3 Å². The van der Waals surface area contributed by atoms with Crippen molar-refractivity contribution < 1.29 is 4.74 Å². The van der Waals surface area contributed by atoms with Gasteiger partial charge in [0.25, 0.3) is 0 Å². The number of benzene rings is 1. The van der Waals surface area contributed by atoms with Crippen molar-refractivity contribution in [3.05, 3.63) is 47.3 Å². The topological polar surface area (TPSA) is 53.1 Å². The molecule has 2 aromatic rings. The third-order valence-corrected chi connectivity index (χ3v) is 2.92.